The first-order valence-corrected chi connectivity index (χ1v) is 5.71. The van der Waals surface area contributed by atoms with Crippen molar-refractivity contribution in [2.24, 2.45) is 0 Å². The zero-order valence-electron chi connectivity index (χ0n) is 10.7. The number of rotatable bonds is 4. The Hall–Kier alpha value is -2.08. The van der Waals surface area contributed by atoms with Crippen molar-refractivity contribution in [3.63, 3.8) is 0 Å². The normalized spacial score (nSPS) is 10.3. The van der Waals surface area contributed by atoms with E-state index in [-0.39, 0.29) is 5.82 Å². The number of aromatic nitrogens is 1. The summed E-state index contributed by atoms with van der Waals surface area (Å²) in [5.41, 5.74) is 6.06. The standard InChI is InChI=1S/C12H13ClN2O4/c1-16-8-4-6(13)11(17-2)10(12(8)18-3)7-5-9(14)15-19-7/h4-5H,1-3H3,(H2,14,15). The number of nitrogens with two attached hydrogens (primary N) is 1. The van der Waals surface area contributed by atoms with Gasteiger partial charge in [-0.25, -0.2) is 0 Å². The van der Waals surface area contributed by atoms with Crippen molar-refractivity contribution in [1.82, 2.24) is 5.16 Å². The molecule has 0 aliphatic rings. The molecule has 0 aliphatic carbocycles. The molecule has 1 aromatic carbocycles. The predicted octanol–water partition coefficient (Wildman–Crippen LogP) is 2.60. The van der Waals surface area contributed by atoms with Gasteiger partial charge in [-0.1, -0.05) is 16.8 Å². The van der Waals surface area contributed by atoms with Gasteiger partial charge in [0.05, 0.1) is 26.4 Å². The highest BCUT2D eigenvalue weighted by Gasteiger charge is 2.24. The van der Waals surface area contributed by atoms with Crippen LogP contribution in [0.2, 0.25) is 5.02 Å². The first-order chi connectivity index (χ1) is 9.12. The van der Waals surface area contributed by atoms with E-state index >= 15 is 0 Å². The molecule has 0 saturated heterocycles. The van der Waals surface area contributed by atoms with Gasteiger partial charge in [0, 0.05) is 12.1 Å². The van der Waals surface area contributed by atoms with Crippen molar-refractivity contribution in [1.29, 1.82) is 0 Å². The number of nitrogen functional groups attached to an aromatic ring is 1. The van der Waals surface area contributed by atoms with Crippen LogP contribution >= 0.6 is 11.6 Å². The molecule has 0 unspecified atom stereocenters. The molecular formula is C12H13ClN2O4. The van der Waals surface area contributed by atoms with Gasteiger partial charge in [-0.15, -0.1) is 0 Å². The summed E-state index contributed by atoms with van der Waals surface area (Å²) in [6, 6.07) is 3.15. The maximum atomic E-state index is 6.15. The average Bonchev–Trinajstić information content (AvgIpc) is 2.83. The van der Waals surface area contributed by atoms with Crippen LogP contribution in [0.3, 0.4) is 0 Å². The summed E-state index contributed by atoms with van der Waals surface area (Å²) in [5.74, 6) is 1.92. The van der Waals surface area contributed by atoms with Crippen molar-refractivity contribution in [2.75, 3.05) is 27.1 Å². The fourth-order valence-corrected chi connectivity index (χ4v) is 2.05. The third kappa shape index (κ3) is 2.26. The van der Waals surface area contributed by atoms with E-state index in [2.05, 4.69) is 5.16 Å². The molecule has 6 nitrogen and oxygen atoms in total. The van der Waals surface area contributed by atoms with Crippen LogP contribution in [-0.2, 0) is 0 Å². The number of anilines is 1. The number of hydrogen-bond donors (Lipinski definition) is 1. The van der Waals surface area contributed by atoms with Crippen LogP contribution in [0.15, 0.2) is 16.7 Å². The minimum atomic E-state index is 0.248. The monoisotopic (exact) mass is 284 g/mol. The molecule has 0 spiro atoms. The highest BCUT2D eigenvalue weighted by atomic mass is 35.5. The van der Waals surface area contributed by atoms with E-state index in [9.17, 15) is 0 Å². The molecule has 0 saturated carbocycles. The SMILES string of the molecule is COc1cc(Cl)c(OC)c(-c2cc(N)no2)c1OC. The van der Waals surface area contributed by atoms with Crippen molar-refractivity contribution >= 4 is 17.4 Å². The zero-order valence-corrected chi connectivity index (χ0v) is 11.4. The molecule has 1 aromatic heterocycles. The molecule has 2 rings (SSSR count). The summed E-state index contributed by atoms with van der Waals surface area (Å²) in [5, 5.41) is 4.00. The Bertz CT molecular complexity index is 598. The van der Waals surface area contributed by atoms with Crippen LogP contribution in [-0.4, -0.2) is 26.5 Å². The van der Waals surface area contributed by atoms with E-state index in [4.69, 9.17) is 36.1 Å². The highest BCUT2D eigenvalue weighted by molar-refractivity contribution is 6.33. The summed E-state index contributed by atoms with van der Waals surface area (Å²) in [4.78, 5) is 0. The van der Waals surface area contributed by atoms with E-state index in [1.807, 2.05) is 0 Å². The van der Waals surface area contributed by atoms with Crippen LogP contribution in [0, 0.1) is 0 Å². The minimum absolute atomic E-state index is 0.248. The fraction of sp³-hybridized carbons (Fsp3) is 0.250. The summed E-state index contributed by atoms with van der Waals surface area (Å²) in [6.45, 7) is 0. The molecule has 0 bridgehead atoms. The lowest BCUT2D eigenvalue weighted by atomic mass is 10.1. The first-order valence-electron chi connectivity index (χ1n) is 5.33. The molecule has 0 amide bonds. The molecule has 19 heavy (non-hydrogen) atoms. The van der Waals surface area contributed by atoms with Gasteiger partial charge in [0.1, 0.15) is 5.56 Å². The van der Waals surface area contributed by atoms with Gasteiger partial charge in [0.2, 0.25) is 0 Å². The Morgan fingerprint density at radius 3 is 2.26 bits per heavy atom. The maximum absolute atomic E-state index is 6.15. The van der Waals surface area contributed by atoms with Gasteiger partial charge in [0.15, 0.2) is 28.8 Å². The van der Waals surface area contributed by atoms with Crippen LogP contribution in [0.25, 0.3) is 11.3 Å². The Labute approximate surface area is 115 Å². The van der Waals surface area contributed by atoms with Gasteiger partial charge in [-0.05, 0) is 0 Å². The third-order valence-corrected chi connectivity index (χ3v) is 2.84. The number of nitrogens with zero attached hydrogens (tertiary/aromatic N) is 1. The molecule has 0 radical (unpaired) electrons. The lowest BCUT2D eigenvalue weighted by molar-refractivity contribution is 0.347. The second-order valence-corrected chi connectivity index (χ2v) is 4.03. The molecule has 102 valence electrons. The van der Waals surface area contributed by atoms with Crippen LogP contribution < -0.4 is 19.9 Å². The van der Waals surface area contributed by atoms with Gasteiger partial charge in [-0.3, -0.25) is 0 Å². The lowest BCUT2D eigenvalue weighted by Crippen LogP contribution is -1.97. The van der Waals surface area contributed by atoms with E-state index in [0.29, 0.717) is 33.6 Å². The number of ether oxygens (including phenoxy) is 3. The highest BCUT2D eigenvalue weighted by Crippen LogP contribution is 2.48. The van der Waals surface area contributed by atoms with Gasteiger partial charge < -0.3 is 24.5 Å². The van der Waals surface area contributed by atoms with Crippen LogP contribution in [0.1, 0.15) is 0 Å². The van der Waals surface area contributed by atoms with Gasteiger partial charge >= 0.3 is 0 Å². The number of halogens is 1. The molecule has 7 heteroatoms. The summed E-state index contributed by atoms with van der Waals surface area (Å²) in [6.07, 6.45) is 0. The second kappa shape index (κ2) is 5.27. The Balaban J connectivity index is 2.77. The number of methoxy groups -OCH3 is 3. The Morgan fingerprint density at radius 1 is 1.11 bits per heavy atom. The van der Waals surface area contributed by atoms with E-state index in [1.165, 1.54) is 21.3 Å². The fourth-order valence-electron chi connectivity index (χ4n) is 1.78. The lowest BCUT2D eigenvalue weighted by Gasteiger charge is -2.15. The smallest absolute Gasteiger partial charge is 0.176 e. The summed E-state index contributed by atoms with van der Waals surface area (Å²) < 4.78 is 21.0. The van der Waals surface area contributed by atoms with Crippen molar-refractivity contribution in [2.45, 2.75) is 0 Å². The summed E-state index contributed by atoms with van der Waals surface area (Å²) in [7, 11) is 4.52. The van der Waals surface area contributed by atoms with Crippen LogP contribution in [0.4, 0.5) is 5.82 Å². The third-order valence-electron chi connectivity index (χ3n) is 2.56. The van der Waals surface area contributed by atoms with Gasteiger partial charge in [-0.2, -0.15) is 0 Å². The van der Waals surface area contributed by atoms with Crippen molar-refractivity contribution in [3.8, 4) is 28.6 Å². The molecule has 2 N–H and O–H groups in total. The van der Waals surface area contributed by atoms with E-state index in [0.717, 1.165) is 0 Å². The minimum Gasteiger partial charge on any atom is -0.494 e. The molecular weight excluding hydrogens is 272 g/mol. The van der Waals surface area contributed by atoms with E-state index in [1.54, 1.807) is 12.1 Å². The number of benzene rings is 1. The van der Waals surface area contributed by atoms with Crippen molar-refractivity contribution < 1.29 is 18.7 Å². The van der Waals surface area contributed by atoms with E-state index < -0.39 is 0 Å². The first kappa shape index (κ1) is 13.4. The molecule has 0 fully saturated rings. The quantitative estimate of drug-likeness (QED) is 0.929. The van der Waals surface area contributed by atoms with Gasteiger partial charge in [0.25, 0.3) is 0 Å². The van der Waals surface area contributed by atoms with Crippen molar-refractivity contribution in [3.05, 3.63) is 17.2 Å². The number of hydrogen-bond acceptors (Lipinski definition) is 6. The molecule has 2 aromatic rings. The second-order valence-electron chi connectivity index (χ2n) is 3.62. The Morgan fingerprint density at radius 2 is 1.79 bits per heavy atom. The maximum Gasteiger partial charge on any atom is 0.176 e. The zero-order chi connectivity index (χ0) is 14.0. The molecule has 0 aliphatic heterocycles. The topological polar surface area (TPSA) is 79.7 Å². The van der Waals surface area contributed by atoms with Crippen LogP contribution in [0.5, 0.6) is 17.2 Å². The largest absolute Gasteiger partial charge is 0.494 e. The molecule has 1 heterocycles. The summed E-state index contributed by atoms with van der Waals surface area (Å²) >= 11 is 6.15. The predicted molar refractivity (Wildman–Crippen MR) is 71.0 cm³/mol. The molecule has 0 atom stereocenters. The Kier molecular flexibility index (Phi) is 3.71. The average molecular weight is 285 g/mol.